The second-order valence-electron chi connectivity index (χ2n) is 5.37. The van der Waals surface area contributed by atoms with Gasteiger partial charge in [0.15, 0.2) is 0 Å². The van der Waals surface area contributed by atoms with Gasteiger partial charge in [-0.15, -0.1) is 0 Å². The van der Waals surface area contributed by atoms with Crippen molar-refractivity contribution in [2.45, 2.75) is 40.5 Å². The largest absolute Gasteiger partial charge is 0.481 e. The molecule has 0 aliphatic heterocycles. The molecule has 0 aromatic carbocycles. The molecule has 0 bridgehead atoms. The first kappa shape index (κ1) is 18.7. The van der Waals surface area contributed by atoms with E-state index in [1.165, 1.54) is 27.7 Å². The van der Waals surface area contributed by atoms with Gasteiger partial charge < -0.3 is 10.2 Å². The summed E-state index contributed by atoms with van der Waals surface area (Å²) >= 11 is 0.181. The highest BCUT2D eigenvalue weighted by molar-refractivity contribution is 7.67. The standard InChI is InChI=1S/C12H18O6S2/c1-11(2,9(13)14)7(19-17)5-6-8(20-18)12(3,4)10(15)16/h5-6H2,1-4H3,(H,13,14)(H,15,16). The highest BCUT2D eigenvalue weighted by Gasteiger charge is 2.36. The summed E-state index contributed by atoms with van der Waals surface area (Å²) in [4.78, 5) is 22.5. The number of hydrogen-bond acceptors (Lipinski definition) is 4. The molecule has 0 unspecified atom stereocenters. The fraction of sp³-hybridized carbons (Fsp3) is 0.667. The normalized spacial score (nSPS) is 11.6. The van der Waals surface area contributed by atoms with E-state index in [0.29, 0.717) is 0 Å². The van der Waals surface area contributed by atoms with Crippen LogP contribution >= 0.6 is 0 Å². The van der Waals surface area contributed by atoms with Crippen LogP contribution in [0.5, 0.6) is 0 Å². The van der Waals surface area contributed by atoms with Crippen molar-refractivity contribution in [1.29, 1.82) is 0 Å². The predicted molar refractivity (Wildman–Crippen MR) is 78.4 cm³/mol. The number of carboxylic acids is 2. The average molecular weight is 322 g/mol. The van der Waals surface area contributed by atoms with Crippen LogP contribution in [0.25, 0.3) is 0 Å². The van der Waals surface area contributed by atoms with Crippen molar-refractivity contribution < 1.29 is 28.2 Å². The summed E-state index contributed by atoms with van der Waals surface area (Å²) < 4.78 is 22.1. The molecule has 0 aromatic heterocycles. The first-order valence-electron chi connectivity index (χ1n) is 5.80. The molecule has 0 aromatic rings. The highest BCUT2D eigenvalue weighted by Crippen LogP contribution is 2.24. The van der Waals surface area contributed by atoms with E-state index < -0.39 is 22.8 Å². The van der Waals surface area contributed by atoms with E-state index in [0.717, 1.165) is 0 Å². The van der Waals surface area contributed by atoms with Crippen LogP contribution in [0.2, 0.25) is 0 Å². The lowest BCUT2D eigenvalue weighted by atomic mass is 9.83. The van der Waals surface area contributed by atoms with Crippen molar-refractivity contribution in [3.8, 4) is 0 Å². The topological polar surface area (TPSA) is 109 Å². The predicted octanol–water partition coefficient (Wildman–Crippen LogP) is 0.759. The molecule has 0 radical (unpaired) electrons. The maximum Gasteiger partial charge on any atom is 0.314 e. The molecular formula is C12H18O6S2. The minimum Gasteiger partial charge on any atom is -0.481 e. The molecular weight excluding hydrogens is 304 g/mol. The van der Waals surface area contributed by atoms with Gasteiger partial charge in [0.1, 0.15) is 0 Å². The Morgan fingerprint density at radius 3 is 1.20 bits per heavy atom. The molecule has 0 rings (SSSR count). The Kier molecular flexibility index (Phi) is 6.49. The zero-order valence-electron chi connectivity index (χ0n) is 11.8. The number of carboxylic acid groups (broad SMARTS) is 2. The number of carbonyl (C=O) groups is 2. The van der Waals surface area contributed by atoms with Crippen LogP contribution in [0.1, 0.15) is 40.5 Å². The lowest BCUT2D eigenvalue weighted by molar-refractivity contribution is -0.144. The van der Waals surface area contributed by atoms with Crippen molar-refractivity contribution in [3.63, 3.8) is 0 Å². The lowest BCUT2D eigenvalue weighted by Crippen LogP contribution is -2.36. The van der Waals surface area contributed by atoms with E-state index in [2.05, 4.69) is 0 Å². The van der Waals surface area contributed by atoms with Crippen molar-refractivity contribution in [2.24, 2.45) is 10.8 Å². The maximum absolute atomic E-state index is 11.1. The van der Waals surface area contributed by atoms with E-state index in [1.54, 1.807) is 0 Å². The molecule has 0 aliphatic carbocycles. The third-order valence-electron chi connectivity index (χ3n) is 3.24. The number of hydrogen-bond donors (Lipinski definition) is 2. The molecule has 0 aliphatic rings. The third kappa shape index (κ3) is 4.11. The Bertz CT molecular complexity index is 474. The Balaban J connectivity index is 5.20. The van der Waals surface area contributed by atoms with Crippen molar-refractivity contribution in [3.05, 3.63) is 0 Å². The van der Waals surface area contributed by atoms with E-state index in [-0.39, 0.29) is 45.1 Å². The zero-order chi connectivity index (χ0) is 16.1. The Morgan fingerprint density at radius 1 is 0.800 bits per heavy atom. The van der Waals surface area contributed by atoms with Gasteiger partial charge in [-0.2, -0.15) is 0 Å². The van der Waals surface area contributed by atoms with Gasteiger partial charge in [0.05, 0.1) is 33.3 Å². The van der Waals surface area contributed by atoms with Crippen LogP contribution < -0.4 is 0 Å². The summed E-state index contributed by atoms with van der Waals surface area (Å²) in [6, 6.07) is 0. The SMILES string of the molecule is CC(C)(C(=O)O)C(CCC(=S=O)C(C)(C)C(=O)O)=S=O. The molecule has 0 saturated heterocycles. The molecule has 0 amide bonds. The van der Waals surface area contributed by atoms with Crippen LogP contribution in [0.4, 0.5) is 0 Å². The molecule has 8 heteroatoms. The van der Waals surface area contributed by atoms with E-state index >= 15 is 0 Å². The fourth-order valence-corrected chi connectivity index (χ4v) is 2.34. The van der Waals surface area contributed by atoms with Gasteiger partial charge in [-0.1, -0.05) is 0 Å². The van der Waals surface area contributed by atoms with Gasteiger partial charge in [0.25, 0.3) is 0 Å². The zero-order valence-corrected chi connectivity index (χ0v) is 13.4. The second-order valence-corrected chi connectivity index (χ2v) is 6.69. The van der Waals surface area contributed by atoms with Gasteiger partial charge in [0, 0.05) is 9.73 Å². The van der Waals surface area contributed by atoms with Gasteiger partial charge in [-0.05, 0) is 40.5 Å². The second kappa shape index (κ2) is 6.94. The summed E-state index contributed by atoms with van der Waals surface area (Å²) in [5, 5.41) is 18.1. The van der Waals surface area contributed by atoms with E-state index in [9.17, 15) is 18.0 Å². The molecule has 0 heterocycles. The lowest BCUT2D eigenvalue weighted by Gasteiger charge is -2.23. The van der Waals surface area contributed by atoms with Gasteiger partial charge in [-0.25, -0.2) is 8.42 Å². The molecule has 2 N–H and O–H groups in total. The fourth-order valence-electron chi connectivity index (χ4n) is 1.38. The van der Waals surface area contributed by atoms with Crippen LogP contribution in [-0.2, 0) is 32.1 Å². The molecule has 0 fully saturated rings. The molecule has 20 heavy (non-hydrogen) atoms. The Morgan fingerprint density at radius 2 is 1.05 bits per heavy atom. The summed E-state index contributed by atoms with van der Waals surface area (Å²) in [6.07, 6.45) is 0.128. The minimum atomic E-state index is -1.32. The third-order valence-corrected chi connectivity index (χ3v) is 5.08. The van der Waals surface area contributed by atoms with Gasteiger partial charge in [0.2, 0.25) is 0 Å². The van der Waals surface area contributed by atoms with Gasteiger partial charge in [-0.3, -0.25) is 9.59 Å². The molecule has 6 nitrogen and oxygen atoms in total. The van der Waals surface area contributed by atoms with Crippen molar-refractivity contribution in [2.75, 3.05) is 0 Å². The van der Waals surface area contributed by atoms with Crippen LogP contribution in [0.3, 0.4) is 0 Å². The Hall–Kier alpha value is -1.28. The summed E-state index contributed by atoms with van der Waals surface area (Å²) in [5.74, 6) is -2.27. The summed E-state index contributed by atoms with van der Waals surface area (Å²) in [7, 11) is 0. The quantitative estimate of drug-likeness (QED) is 0.670. The van der Waals surface area contributed by atoms with Crippen LogP contribution in [0, 0.1) is 10.8 Å². The smallest absolute Gasteiger partial charge is 0.314 e. The highest BCUT2D eigenvalue weighted by atomic mass is 32.1. The molecule has 114 valence electrons. The van der Waals surface area contributed by atoms with Crippen molar-refractivity contribution in [1.82, 2.24) is 0 Å². The van der Waals surface area contributed by atoms with Crippen LogP contribution in [-0.4, -0.2) is 40.3 Å². The molecule has 0 atom stereocenters. The maximum atomic E-state index is 11.1. The number of aliphatic carboxylic acids is 2. The average Bonchev–Trinajstić information content (AvgIpc) is 2.33. The monoisotopic (exact) mass is 322 g/mol. The molecule has 0 saturated carbocycles. The van der Waals surface area contributed by atoms with E-state index in [1.807, 2.05) is 0 Å². The Labute approximate surface area is 124 Å². The minimum absolute atomic E-state index is 0.0642. The molecule has 0 spiro atoms. The van der Waals surface area contributed by atoms with E-state index in [4.69, 9.17) is 10.2 Å². The number of rotatable bonds is 7. The van der Waals surface area contributed by atoms with Crippen molar-refractivity contribution >= 4 is 44.2 Å². The van der Waals surface area contributed by atoms with Crippen LogP contribution in [0.15, 0.2) is 0 Å². The summed E-state index contributed by atoms with van der Waals surface area (Å²) in [5.41, 5.74) is -2.64. The first-order valence-corrected chi connectivity index (χ1v) is 7.29. The summed E-state index contributed by atoms with van der Waals surface area (Å²) in [6.45, 7) is 5.62. The van der Waals surface area contributed by atoms with Gasteiger partial charge >= 0.3 is 11.9 Å². The first-order chi connectivity index (χ1) is 9.01.